The van der Waals surface area contributed by atoms with Gasteiger partial charge in [-0.05, 0) is 31.1 Å². The van der Waals surface area contributed by atoms with E-state index in [2.05, 4.69) is 20.3 Å². The van der Waals surface area contributed by atoms with Crippen molar-refractivity contribution in [1.29, 1.82) is 0 Å². The predicted molar refractivity (Wildman–Crippen MR) is 97.2 cm³/mol. The molecule has 0 aliphatic carbocycles. The third-order valence-electron chi connectivity index (χ3n) is 3.25. The van der Waals surface area contributed by atoms with Crippen LogP contribution < -0.4 is 9.47 Å². The molecule has 9 heteroatoms. The molecule has 1 aliphatic rings. The smallest absolute Gasteiger partial charge is 0.325 e. The summed E-state index contributed by atoms with van der Waals surface area (Å²) in [7, 11) is 1.43. The van der Waals surface area contributed by atoms with Crippen LogP contribution >= 0.6 is 0 Å². The minimum atomic E-state index is -0.0121. The predicted octanol–water partition coefficient (Wildman–Crippen LogP) is 2.77. The van der Waals surface area contributed by atoms with Crippen molar-refractivity contribution in [3.8, 4) is 17.6 Å². The van der Waals surface area contributed by atoms with E-state index in [0.29, 0.717) is 36.1 Å². The lowest BCUT2D eigenvalue weighted by molar-refractivity contribution is 0.0672. The van der Waals surface area contributed by atoms with Gasteiger partial charge in [0.05, 0.1) is 11.7 Å². The van der Waals surface area contributed by atoms with E-state index in [1.165, 1.54) is 7.11 Å². The number of benzene rings is 1. The van der Waals surface area contributed by atoms with Crippen molar-refractivity contribution in [3.05, 3.63) is 42.1 Å². The fourth-order valence-electron chi connectivity index (χ4n) is 2.24. The van der Waals surface area contributed by atoms with E-state index in [9.17, 15) is 0 Å². The zero-order chi connectivity index (χ0) is 19.1. The highest BCUT2D eigenvalue weighted by molar-refractivity contribution is 6.45. The number of aromatic nitrogens is 2. The first-order valence-corrected chi connectivity index (χ1v) is 8.38. The Morgan fingerprint density at radius 2 is 2.04 bits per heavy atom. The standard InChI is InChI=1S/C18H20N4O5/c1-12(2)26-15-8-9-19-18(20-15)27-14-7-5-4-6-13(14)16(21-23-3)17-22-25-11-10-24-17/h4-9,12H,10-11H2,1-3H3/b21-16-. The Kier molecular flexibility index (Phi) is 6.03. The number of ether oxygens (including phenoxy) is 3. The van der Waals surface area contributed by atoms with Gasteiger partial charge in [0.2, 0.25) is 5.88 Å². The van der Waals surface area contributed by atoms with Crippen LogP contribution in [0.25, 0.3) is 0 Å². The molecule has 1 aliphatic heterocycles. The van der Waals surface area contributed by atoms with Gasteiger partial charge in [-0.15, -0.1) is 0 Å². The highest BCUT2D eigenvalue weighted by atomic mass is 16.7. The fourth-order valence-corrected chi connectivity index (χ4v) is 2.24. The van der Waals surface area contributed by atoms with Crippen LogP contribution in [0.3, 0.4) is 0 Å². The number of para-hydroxylation sites is 1. The van der Waals surface area contributed by atoms with Crippen LogP contribution in [0.4, 0.5) is 0 Å². The Hall–Kier alpha value is -3.36. The molecule has 0 saturated carbocycles. The second kappa shape index (κ2) is 8.84. The summed E-state index contributed by atoms with van der Waals surface area (Å²) in [6.45, 7) is 4.57. The third kappa shape index (κ3) is 4.84. The van der Waals surface area contributed by atoms with E-state index in [4.69, 9.17) is 23.9 Å². The molecule has 0 radical (unpaired) electrons. The van der Waals surface area contributed by atoms with Crippen molar-refractivity contribution in [2.45, 2.75) is 20.0 Å². The molecule has 0 bridgehead atoms. The van der Waals surface area contributed by atoms with Crippen molar-refractivity contribution in [2.24, 2.45) is 10.3 Å². The zero-order valence-corrected chi connectivity index (χ0v) is 15.3. The molecular weight excluding hydrogens is 352 g/mol. The van der Waals surface area contributed by atoms with Gasteiger partial charge in [0, 0.05) is 12.3 Å². The van der Waals surface area contributed by atoms with Crippen molar-refractivity contribution in [3.63, 3.8) is 0 Å². The Bertz CT molecular complexity index is 838. The first kappa shape index (κ1) is 18.4. The van der Waals surface area contributed by atoms with E-state index in [-0.39, 0.29) is 18.0 Å². The Morgan fingerprint density at radius 3 is 2.78 bits per heavy atom. The molecule has 142 valence electrons. The minimum absolute atomic E-state index is 0.0121. The van der Waals surface area contributed by atoms with E-state index >= 15 is 0 Å². The summed E-state index contributed by atoms with van der Waals surface area (Å²) in [5.41, 5.74) is 0.921. The van der Waals surface area contributed by atoms with E-state index < -0.39 is 0 Å². The second-order valence-electron chi connectivity index (χ2n) is 5.64. The quantitative estimate of drug-likeness (QED) is 0.544. The van der Waals surface area contributed by atoms with Gasteiger partial charge in [-0.25, -0.2) is 4.98 Å². The molecule has 0 fully saturated rings. The normalized spacial score (nSPS) is 14.1. The lowest BCUT2D eigenvalue weighted by Crippen LogP contribution is -2.25. The van der Waals surface area contributed by atoms with Gasteiger partial charge in [0.15, 0.2) is 12.3 Å². The molecule has 0 N–H and O–H groups in total. The van der Waals surface area contributed by atoms with Gasteiger partial charge in [0.25, 0.3) is 5.90 Å². The van der Waals surface area contributed by atoms with Crippen molar-refractivity contribution in [1.82, 2.24) is 9.97 Å². The SMILES string of the molecule is CO/N=C(\C1=NOCCO1)c1ccccc1Oc1nccc(OC(C)C)n1. The third-order valence-corrected chi connectivity index (χ3v) is 3.25. The minimum Gasteiger partial charge on any atom is -0.475 e. The summed E-state index contributed by atoms with van der Waals surface area (Å²) in [6.07, 6.45) is 1.55. The topological polar surface area (TPSA) is 96.7 Å². The lowest BCUT2D eigenvalue weighted by atomic mass is 10.1. The molecule has 1 aromatic heterocycles. The van der Waals surface area contributed by atoms with E-state index in [1.807, 2.05) is 26.0 Å². The average Bonchev–Trinajstić information content (AvgIpc) is 2.67. The van der Waals surface area contributed by atoms with Gasteiger partial charge in [-0.2, -0.15) is 4.98 Å². The molecule has 0 atom stereocenters. The first-order valence-electron chi connectivity index (χ1n) is 8.38. The maximum absolute atomic E-state index is 5.86. The molecule has 2 aromatic rings. The lowest BCUT2D eigenvalue weighted by Gasteiger charge is -2.16. The highest BCUT2D eigenvalue weighted by Gasteiger charge is 2.22. The van der Waals surface area contributed by atoms with Crippen LogP contribution in [-0.4, -0.2) is 48.0 Å². The molecule has 3 rings (SSSR count). The summed E-state index contributed by atoms with van der Waals surface area (Å²) in [5, 5.41) is 7.91. The van der Waals surface area contributed by atoms with Crippen molar-refractivity contribution in [2.75, 3.05) is 20.3 Å². The van der Waals surface area contributed by atoms with Gasteiger partial charge >= 0.3 is 6.01 Å². The largest absolute Gasteiger partial charge is 0.475 e. The summed E-state index contributed by atoms with van der Waals surface area (Å²) in [5.74, 6) is 1.08. The van der Waals surface area contributed by atoms with Crippen molar-refractivity contribution >= 4 is 11.6 Å². The van der Waals surface area contributed by atoms with Crippen LogP contribution in [0, 0.1) is 0 Å². The molecule has 0 spiro atoms. The van der Waals surface area contributed by atoms with Crippen LogP contribution in [0.2, 0.25) is 0 Å². The number of hydrogen-bond donors (Lipinski definition) is 0. The summed E-state index contributed by atoms with van der Waals surface area (Å²) in [4.78, 5) is 18.4. The zero-order valence-electron chi connectivity index (χ0n) is 15.3. The maximum atomic E-state index is 5.86. The molecule has 2 heterocycles. The molecule has 9 nitrogen and oxygen atoms in total. The summed E-state index contributed by atoms with van der Waals surface area (Å²) < 4.78 is 17.0. The van der Waals surface area contributed by atoms with Crippen LogP contribution in [0.5, 0.6) is 17.6 Å². The van der Waals surface area contributed by atoms with E-state index in [0.717, 1.165) is 0 Å². The molecule has 0 amide bonds. The van der Waals surface area contributed by atoms with Gasteiger partial charge < -0.3 is 23.9 Å². The van der Waals surface area contributed by atoms with Crippen LogP contribution in [-0.2, 0) is 14.4 Å². The molecule has 0 saturated heterocycles. The van der Waals surface area contributed by atoms with Crippen LogP contribution in [0.15, 0.2) is 46.8 Å². The molecular formula is C18H20N4O5. The summed E-state index contributed by atoms with van der Waals surface area (Å²) >= 11 is 0. The first-order chi connectivity index (χ1) is 13.2. The number of oxime groups is 2. The Morgan fingerprint density at radius 1 is 1.19 bits per heavy atom. The van der Waals surface area contributed by atoms with Gasteiger partial charge in [0.1, 0.15) is 19.5 Å². The summed E-state index contributed by atoms with van der Waals surface area (Å²) in [6, 6.07) is 9.00. The van der Waals surface area contributed by atoms with Gasteiger partial charge in [-0.1, -0.05) is 17.3 Å². The van der Waals surface area contributed by atoms with Crippen LogP contribution in [0.1, 0.15) is 19.4 Å². The molecule has 27 heavy (non-hydrogen) atoms. The number of hydrogen-bond acceptors (Lipinski definition) is 9. The monoisotopic (exact) mass is 372 g/mol. The van der Waals surface area contributed by atoms with E-state index in [1.54, 1.807) is 24.4 Å². The number of rotatable bonds is 7. The molecule has 0 unspecified atom stereocenters. The average molecular weight is 372 g/mol. The molecule has 1 aromatic carbocycles. The Labute approximate surface area is 156 Å². The Balaban J connectivity index is 1.91. The number of nitrogens with zero attached hydrogens (tertiary/aromatic N) is 4. The second-order valence-corrected chi connectivity index (χ2v) is 5.64. The highest BCUT2D eigenvalue weighted by Crippen LogP contribution is 2.25. The van der Waals surface area contributed by atoms with Gasteiger partial charge in [-0.3, -0.25) is 0 Å². The fraction of sp³-hybridized carbons (Fsp3) is 0.333. The van der Waals surface area contributed by atoms with Crippen molar-refractivity contribution < 1.29 is 23.9 Å². The maximum Gasteiger partial charge on any atom is 0.325 e.